The quantitative estimate of drug-likeness (QED) is 0.503. The van der Waals surface area contributed by atoms with Crippen LogP contribution in [0.25, 0.3) is 0 Å². The van der Waals surface area contributed by atoms with Crippen LogP contribution in [-0.4, -0.2) is 29.3 Å². The molecule has 18 heavy (non-hydrogen) atoms. The van der Waals surface area contributed by atoms with E-state index in [1.54, 1.807) is 0 Å². The van der Waals surface area contributed by atoms with Crippen molar-refractivity contribution >= 4 is 17.5 Å². The van der Waals surface area contributed by atoms with Gasteiger partial charge in [0.1, 0.15) is 0 Å². The molecule has 0 spiro atoms. The maximum absolute atomic E-state index is 12.0. The first-order valence-electron chi connectivity index (χ1n) is 7.57. The Balaban J connectivity index is 2.09. The summed E-state index contributed by atoms with van der Waals surface area (Å²) in [6.07, 6.45) is 9.14. The van der Waals surface area contributed by atoms with E-state index in [9.17, 15) is 4.79 Å². The fourth-order valence-corrected chi connectivity index (χ4v) is 2.74. The summed E-state index contributed by atoms with van der Waals surface area (Å²) in [6, 6.07) is 0. The highest BCUT2D eigenvalue weighted by atomic mass is 35.5. The summed E-state index contributed by atoms with van der Waals surface area (Å²) in [5.74, 6) is 0.773. The molecule has 0 saturated carbocycles. The summed E-state index contributed by atoms with van der Waals surface area (Å²) < 4.78 is 0. The number of rotatable bonds is 7. The molecule has 2 atom stereocenters. The Labute approximate surface area is 117 Å². The minimum atomic E-state index is 0.253. The Hall–Kier alpha value is -0.240. The molecule has 0 aliphatic carbocycles. The monoisotopic (exact) mass is 273 g/mol. The van der Waals surface area contributed by atoms with Gasteiger partial charge in [-0.3, -0.25) is 4.79 Å². The number of hydrogen-bond acceptors (Lipinski definition) is 1. The second-order valence-corrected chi connectivity index (χ2v) is 6.20. The lowest BCUT2D eigenvalue weighted by Crippen LogP contribution is -2.43. The van der Waals surface area contributed by atoms with Gasteiger partial charge in [0.2, 0.25) is 5.91 Å². The van der Waals surface area contributed by atoms with Gasteiger partial charge in [-0.1, -0.05) is 46.0 Å². The maximum Gasteiger partial charge on any atom is 0.222 e. The zero-order valence-corrected chi connectivity index (χ0v) is 12.7. The highest BCUT2D eigenvalue weighted by Crippen LogP contribution is 2.22. The normalized spacial score (nSPS) is 24.3. The van der Waals surface area contributed by atoms with Crippen LogP contribution < -0.4 is 0 Å². The lowest BCUT2D eigenvalue weighted by Gasteiger charge is -2.34. The van der Waals surface area contributed by atoms with E-state index in [1.807, 2.05) is 4.90 Å². The van der Waals surface area contributed by atoms with Crippen LogP contribution in [0.2, 0.25) is 0 Å². The van der Waals surface area contributed by atoms with Gasteiger partial charge in [-0.25, -0.2) is 0 Å². The number of hydrogen-bond donors (Lipinski definition) is 0. The van der Waals surface area contributed by atoms with Crippen LogP contribution in [0.3, 0.4) is 0 Å². The van der Waals surface area contributed by atoms with E-state index >= 15 is 0 Å². The van der Waals surface area contributed by atoms with Gasteiger partial charge in [0.05, 0.1) is 0 Å². The molecule has 1 saturated heterocycles. The minimum absolute atomic E-state index is 0.253. The number of nitrogens with zero attached hydrogens (tertiary/aromatic N) is 1. The Morgan fingerprint density at radius 1 is 1.22 bits per heavy atom. The van der Waals surface area contributed by atoms with E-state index in [-0.39, 0.29) is 5.38 Å². The van der Waals surface area contributed by atoms with Gasteiger partial charge < -0.3 is 4.90 Å². The molecule has 2 nitrogen and oxygen atoms in total. The Morgan fingerprint density at radius 3 is 2.56 bits per heavy atom. The first-order valence-corrected chi connectivity index (χ1v) is 8.00. The third-order valence-corrected chi connectivity index (χ3v) is 4.55. The zero-order valence-electron chi connectivity index (χ0n) is 12.0. The maximum atomic E-state index is 12.0. The molecule has 106 valence electrons. The van der Waals surface area contributed by atoms with Crippen molar-refractivity contribution in [3.05, 3.63) is 0 Å². The van der Waals surface area contributed by atoms with E-state index < -0.39 is 0 Å². The fourth-order valence-electron chi connectivity index (χ4n) is 2.56. The number of halogens is 1. The molecular weight excluding hydrogens is 246 g/mol. The first kappa shape index (κ1) is 15.8. The molecular formula is C15H28ClNO. The second-order valence-electron chi connectivity index (χ2n) is 5.64. The lowest BCUT2D eigenvalue weighted by atomic mass is 9.99. The number of alkyl halides is 1. The predicted molar refractivity (Wildman–Crippen MR) is 78.0 cm³/mol. The Morgan fingerprint density at radius 2 is 1.89 bits per heavy atom. The summed E-state index contributed by atoms with van der Waals surface area (Å²) in [6.45, 7) is 6.07. The van der Waals surface area contributed by atoms with Crippen LogP contribution in [0.15, 0.2) is 0 Å². The predicted octanol–water partition coefficient (Wildman–Crippen LogP) is 4.21. The standard InChI is InChI=1S/C15H28ClNO/c1-3-4-5-6-7-8-9-15(18)17-11-10-14(16)13(2)12-17/h13-14H,3-12H2,1-2H3. The molecule has 1 fully saturated rings. The van der Waals surface area contributed by atoms with Crippen molar-refractivity contribution in [2.75, 3.05) is 13.1 Å². The van der Waals surface area contributed by atoms with Crippen LogP contribution >= 0.6 is 11.6 Å². The molecule has 1 aliphatic rings. The fraction of sp³-hybridized carbons (Fsp3) is 0.933. The number of likely N-dealkylation sites (tertiary alicyclic amines) is 1. The number of unbranched alkanes of at least 4 members (excludes halogenated alkanes) is 5. The number of carbonyl (C=O) groups is 1. The van der Waals surface area contributed by atoms with Crippen LogP contribution in [-0.2, 0) is 4.79 Å². The summed E-state index contributed by atoms with van der Waals surface area (Å²) in [5, 5.41) is 0.253. The van der Waals surface area contributed by atoms with Gasteiger partial charge in [0.15, 0.2) is 0 Å². The zero-order chi connectivity index (χ0) is 13.4. The summed E-state index contributed by atoms with van der Waals surface area (Å²) in [7, 11) is 0. The van der Waals surface area contributed by atoms with Crippen molar-refractivity contribution in [3.63, 3.8) is 0 Å². The molecule has 3 heteroatoms. The molecule has 1 amide bonds. The number of carbonyl (C=O) groups excluding carboxylic acids is 1. The molecule has 0 aromatic rings. The molecule has 1 rings (SSSR count). The van der Waals surface area contributed by atoms with Crippen LogP contribution in [0.5, 0.6) is 0 Å². The molecule has 0 aromatic heterocycles. The lowest BCUT2D eigenvalue weighted by molar-refractivity contribution is -0.132. The molecule has 0 radical (unpaired) electrons. The Kier molecular flexibility index (Phi) is 7.73. The van der Waals surface area contributed by atoms with Crippen molar-refractivity contribution in [3.8, 4) is 0 Å². The van der Waals surface area contributed by atoms with Crippen molar-refractivity contribution in [1.82, 2.24) is 4.90 Å². The largest absolute Gasteiger partial charge is 0.342 e. The SMILES string of the molecule is CCCCCCCCC(=O)N1CCC(Cl)C(C)C1. The number of amides is 1. The third kappa shape index (κ3) is 5.60. The molecule has 0 bridgehead atoms. The summed E-state index contributed by atoms with van der Waals surface area (Å²) in [4.78, 5) is 14.0. The van der Waals surface area contributed by atoms with Gasteiger partial charge in [-0.05, 0) is 18.8 Å². The van der Waals surface area contributed by atoms with Gasteiger partial charge >= 0.3 is 0 Å². The average Bonchev–Trinajstić information content (AvgIpc) is 2.36. The average molecular weight is 274 g/mol. The van der Waals surface area contributed by atoms with Crippen LogP contribution in [0.4, 0.5) is 0 Å². The Bertz CT molecular complexity index is 245. The van der Waals surface area contributed by atoms with Gasteiger partial charge in [-0.2, -0.15) is 0 Å². The van der Waals surface area contributed by atoms with E-state index in [2.05, 4.69) is 13.8 Å². The van der Waals surface area contributed by atoms with Gasteiger partial charge in [-0.15, -0.1) is 11.6 Å². The molecule has 1 aliphatic heterocycles. The van der Waals surface area contributed by atoms with Crippen molar-refractivity contribution in [2.24, 2.45) is 5.92 Å². The van der Waals surface area contributed by atoms with E-state index in [4.69, 9.17) is 11.6 Å². The van der Waals surface area contributed by atoms with Gasteiger partial charge in [0.25, 0.3) is 0 Å². The van der Waals surface area contributed by atoms with E-state index in [0.717, 1.165) is 32.4 Å². The molecule has 1 heterocycles. The second kappa shape index (κ2) is 8.79. The smallest absolute Gasteiger partial charge is 0.222 e. The van der Waals surface area contributed by atoms with Gasteiger partial charge in [0, 0.05) is 24.9 Å². The topological polar surface area (TPSA) is 20.3 Å². The van der Waals surface area contributed by atoms with Crippen molar-refractivity contribution in [1.29, 1.82) is 0 Å². The highest BCUT2D eigenvalue weighted by molar-refractivity contribution is 6.20. The summed E-state index contributed by atoms with van der Waals surface area (Å²) in [5.41, 5.74) is 0. The van der Waals surface area contributed by atoms with Crippen molar-refractivity contribution < 1.29 is 4.79 Å². The minimum Gasteiger partial charge on any atom is -0.342 e. The van der Waals surface area contributed by atoms with E-state index in [0.29, 0.717) is 11.8 Å². The third-order valence-electron chi connectivity index (χ3n) is 3.90. The first-order chi connectivity index (χ1) is 8.65. The molecule has 0 aromatic carbocycles. The summed E-state index contributed by atoms with van der Waals surface area (Å²) >= 11 is 6.17. The van der Waals surface area contributed by atoms with Crippen molar-refractivity contribution in [2.45, 2.75) is 70.6 Å². The molecule has 0 N–H and O–H groups in total. The van der Waals surface area contributed by atoms with Crippen LogP contribution in [0.1, 0.15) is 65.2 Å². The highest BCUT2D eigenvalue weighted by Gasteiger charge is 2.26. The van der Waals surface area contributed by atoms with E-state index in [1.165, 1.54) is 32.1 Å². The van der Waals surface area contributed by atoms with Crippen LogP contribution in [0, 0.1) is 5.92 Å². The number of piperidine rings is 1. The molecule has 2 unspecified atom stereocenters.